The van der Waals surface area contributed by atoms with E-state index in [0.717, 1.165) is 0 Å². The molecule has 0 fully saturated rings. The monoisotopic (exact) mass is 214 g/mol. The van der Waals surface area contributed by atoms with E-state index in [0.29, 0.717) is 5.56 Å². The van der Waals surface area contributed by atoms with E-state index in [-0.39, 0.29) is 23.7 Å². The summed E-state index contributed by atoms with van der Waals surface area (Å²) in [6, 6.07) is 11.9. The molecule has 1 aromatic heterocycles. The molecule has 2 aromatic rings. The second-order valence-electron chi connectivity index (χ2n) is 3.37. The van der Waals surface area contributed by atoms with Gasteiger partial charge in [0, 0.05) is 5.56 Å². The zero-order valence-corrected chi connectivity index (χ0v) is 8.55. The molecule has 3 heteroatoms. The lowest BCUT2D eigenvalue weighted by atomic mass is 10.1. The molecule has 2 rings (SSSR count). The third-order valence-corrected chi connectivity index (χ3v) is 2.21. The van der Waals surface area contributed by atoms with E-state index in [4.69, 9.17) is 4.42 Å². The maximum atomic E-state index is 11.7. The molecule has 3 nitrogen and oxygen atoms in total. The summed E-state index contributed by atoms with van der Waals surface area (Å²) in [5.74, 6) is -0.259. The second kappa shape index (κ2) is 4.57. The number of carbonyl (C=O) groups is 2. The van der Waals surface area contributed by atoms with E-state index in [1.807, 2.05) is 6.07 Å². The minimum absolute atomic E-state index is 0.155. The van der Waals surface area contributed by atoms with Crippen LogP contribution in [0.4, 0.5) is 0 Å². The summed E-state index contributed by atoms with van der Waals surface area (Å²) in [6.45, 7) is 0. The van der Waals surface area contributed by atoms with Crippen LogP contribution in [0, 0.1) is 0 Å². The molecule has 0 bridgehead atoms. The highest BCUT2D eigenvalue weighted by Gasteiger charge is 2.14. The van der Waals surface area contributed by atoms with Gasteiger partial charge in [0.15, 0.2) is 11.5 Å². The van der Waals surface area contributed by atoms with Crippen LogP contribution in [-0.2, 0) is 0 Å². The number of hydrogen-bond donors (Lipinski definition) is 0. The molecule has 0 unspecified atom stereocenters. The number of Topliss-reactive ketones (excluding diaryl/α,β-unsaturated/α-hetero) is 2. The van der Waals surface area contributed by atoms with Gasteiger partial charge in [-0.3, -0.25) is 9.59 Å². The molecule has 0 aliphatic rings. The molecule has 0 spiro atoms. The van der Waals surface area contributed by atoms with Gasteiger partial charge in [-0.05, 0) is 12.1 Å². The van der Waals surface area contributed by atoms with Gasteiger partial charge in [-0.15, -0.1) is 0 Å². The summed E-state index contributed by atoms with van der Waals surface area (Å²) >= 11 is 0. The number of benzene rings is 1. The molecular weight excluding hydrogens is 204 g/mol. The van der Waals surface area contributed by atoms with Crippen molar-refractivity contribution < 1.29 is 14.0 Å². The van der Waals surface area contributed by atoms with Crippen LogP contribution in [0.15, 0.2) is 53.1 Å². The maximum Gasteiger partial charge on any atom is 0.205 e. The lowest BCUT2D eigenvalue weighted by Gasteiger charge is -1.98. The first kappa shape index (κ1) is 10.4. The maximum absolute atomic E-state index is 11.7. The van der Waals surface area contributed by atoms with E-state index in [2.05, 4.69) is 0 Å². The number of rotatable bonds is 4. The molecule has 80 valence electrons. The van der Waals surface area contributed by atoms with Crippen LogP contribution in [0.1, 0.15) is 27.3 Å². The van der Waals surface area contributed by atoms with Gasteiger partial charge in [-0.25, -0.2) is 0 Å². The third kappa shape index (κ3) is 2.25. The molecule has 16 heavy (non-hydrogen) atoms. The first-order valence-corrected chi connectivity index (χ1v) is 4.92. The smallest absolute Gasteiger partial charge is 0.205 e. The third-order valence-electron chi connectivity index (χ3n) is 2.21. The van der Waals surface area contributed by atoms with E-state index in [1.165, 1.54) is 6.26 Å². The minimum Gasteiger partial charge on any atom is -0.461 e. The number of hydrogen-bond acceptors (Lipinski definition) is 3. The highest BCUT2D eigenvalue weighted by atomic mass is 16.3. The molecule has 0 radical (unpaired) electrons. The van der Waals surface area contributed by atoms with Crippen LogP contribution >= 0.6 is 0 Å². The summed E-state index contributed by atoms with van der Waals surface area (Å²) in [5.41, 5.74) is 0.544. The Labute approximate surface area is 92.7 Å². The molecule has 0 amide bonds. The summed E-state index contributed by atoms with van der Waals surface area (Å²) in [4.78, 5) is 23.3. The molecule has 0 aliphatic carbocycles. The largest absolute Gasteiger partial charge is 0.461 e. The van der Waals surface area contributed by atoms with Crippen LogP contribution in [0.5, 0.6) is 0 Å². The first-order valence-electron chi connectivity index (χ1n) is 4.92. The Bertz CT molecular complexity index is 483. The molecule has 0 aliphatic heterocycles. The Morgan fingerprint density at radius 1 is 0.938 bits per heavy atom. The Morgan fingerprint density at radius 2 is 1.69 bits per heavy atom. The van der Waals surface area contributed by atoms with Crippen LogP contribution in [0.3, 0.4) is 0 Å². The van der Waals surface area contributed by atoms with Crippen LogP contribution in [0.2, 0.25) is 0 Å². The van der Waals surface area contributed by atoms with Crippen molar-refractivity contribution in [3.8, 4) is 0 Å². The number of furan rings is 1. The molecule has 0 saturated carbocycles. The summed E-state index contributed by atoms with van der Waals surface area (Å²) in [7, 11) is 0. The van der Waals surface area contributed by atoms with Crippen molar-refractivity contribution in [2.75, 3.05) is 0 Å². The van der Waals surface area contributed by atoms with E-state index in [9.17, 15) is 9.59 Å². The van der Waals surface area contributed by atoms with Crippen LogP contribution in [-0.4, -0.2) is 11.6 Å². The fourth-order valence-electron chi connectivity index (χ4n) is 1.40. The quantitative estimate of drug-likeness (QED) is 0.580. The van der Waals surface area contributed by atoms with Crippen LogP contribution in [0.25, 0.3) is 0 Å². The second-order valence-corrected chi connectivity index (χ2v) is 3.37. The normalized spacial score (nSPS) is 10.0. The van der Waals surface area contributed by atoms with E-state index in [1.54, 1.807) is 36.4 Å². The van der Waals surface area contributed by atoms with Crippen molar-refractivity contribution in [1.82, 2.24) is 0 Å². The van der Waals surface area contributed by atoms with Gasteiger partial charge in [0.05, 0.1) is 12.7 Å². The summed E-state index contributed by atoms with van der Waals surface area (Å²) in [5, 5.41) is 0. The zero-order chi connectivity index (χ0) is 11.4. The Morgan fingerprint density at radius 3 is 2.31 bits per heavy atom. The summed E-state index contributed by atoms with van der Waals surface area (Å²) in [6.07, 6.45) is 1.26. The van der Waals surface area contributed by atoms with Crippen molar-refractivity contribution in [3.63, 3.8) is 0 Å². The van der Waals surface area contributed by atoms with Crippen molar-refractivity contribution in [2.45, 2.75) is 6.42 Å². The zero-order valence-electron chi connectivity index (χ0n) is 8.55. The van der Waals surface area contributed by atoms with E-state index >= 15 is 0 Å². The highest BCUT2D eigenvalue weighted by Crippen LogP contribution is 2.08. The molecule has 1 aromatic carbocycles. The van der Waals surface area contributed by atoms with Gasteiger partial charge in [0.2, 0.25) is 5.78 Å². The average Bonchev–Trinajstić information content (AvgIpc) is 2.83. The molecule has 0 saturated heterocycles. The van der Waals surface area contributed by atoms with Gasteiger partial charge < -0.3 is 4.42 Å². The Hall–Kier alpha value is -2.16. The number of ketones is 2. The Kier molecular flexibility index (Phi) is 2.96. The fraction of sp³-hybridized carbons (Fsp3) is 0.0769. The topological polar surface area (TPSA) is 47.3 Å². The van der Waals surface area contributed by atoms with Crippen molar-refractivity contribution >= 4 is 11.6 Å². The van der Waals surface area contributed by atoms with Crippen molar-refractivity contribution in [3.05, 3.63) is 60.1 Å². The van der Waals surface area contributed by atoms with Gasteiger partial charge in [-0.2, -0.15) is 0 Å². The molecule has 1 heterocycles. The lowest BCUT2D eigenvalue weighted by Crippen LogP contribution is -2.07. The first-order chi connectivity index (χ1) is 7.77. The average molecular weight is 214 g/mol. The standard InChI is InChI=1S/C13H10O3/c14-11(10-5-2-1-3-6-10)9-12(15)13-7-4-8-16-13/h1-8H,9H2. The fourth-order valence-corrected chi connectivity index (χ4v) is 1.40. The molecular formula is C13H10O3. The Balaban J connectivity index is 2.06. The molecule has 0 atom stereocenters. The summed E-state index contributed by atoms with van der Waals surface area (Å²) < 4.78 is 4.93. The predicted octanol–water partition coefficient (Wildman–Crippen LogP) is 2.74. The predicted molar refractivity (Wildman–Crippen MR) is 58.4 cm³/mol. The van der Waals surface area contributed by atoms with Gasteiger partial charge >= 0.3 is 0 Å². The lowest BCUT2D eigenvalue weighted by molar-refractivity contribution is 0.0878. The molecule has 0 N–H and O–H groups in total. The van der Waals surface area contributed by atoms with Crippen LogP contribution < -0.4 is 0 Å². The number of carbonyl (C=O) groups excluding carboxylic acids is 2. The van der Waals surface area contributed by atoms with Crippen molar-refractivity contribution in [2.24, 2.45) is 0 Å². The van der Waals surface area contributed by atoms with E-state index < -0.39 is 0 Å². The van der Waals surface area contributed by atoms with Gasteiger partial charge in [0.25, 0.3) is 0 Å². The van der Waals surface area contributed by atoms with Gasteiger partial charge in [0.1, 0.15) is 0 Å². The highest BCUT2D eigenvalue weighted by molar-refractivity contribution is 6.12. The minimum atomic E-state index is -0.293. The van der Waals surface area contributed by atoms with Gasteiger partial charge in [-0.1, -0.05) is 30.3 Å². The van der Waals surface area contributed by atoms with Crippen molar-refractivity contribution in [1.29, 1.82) is 0 Å². The SMILES string of the molecule is O=C(CC(=O)c1ccco1)c1ccccc1.